The molecule has 0 aliphatic rings. The van der Waals surface area contributed by atoms with Gasteiger partial charge in [0.15, 0.2) is 0 Å². The van der Waals surface area contributed by atoms with Gasteiger partial charge in [0.05, 0.1) is 8.93 Å². The van der Waals surface area contributed by atoms with E-state index in [1.165, 1.54) is 6.07 Å². The highest BCUT2D eigenvalue weighted by Crippen LogP contribution is 2.28. The summed E-state index contributed by atoms with van der Waals surface area (Å²) in [5, 5.41) is 1.98. The van der Waals surface area contributed by atoms with Crippen molar-refractivity contribution in [1.82, 2.24) is 5.43 Å². The molecule has 0 aliphatic carbocycles. The van der Waals surface area contributed by atoms with Gasteiger partial charge in [-0.2, -0.15) is 0 Å². The molecule has 1 atom stereocenters. The molecule has 0 spiro atoms. The largest absolute Gasteiger partial charge is 0.271 e. The Morgan fingerprint density at radius 3 is 2.69 bits per heavy atom. The summed E-state index contributed by atoms with van der Waals surface area (Å²) in [5.41, 5.74) is 4.21. The van der Waals surface area contributed by atoms with Gasteiger partial charge in [-0.3, -0.25) is 5.84 Å². The second-order valence-electron chi connectivity index (χ2n) is 3.31. The number of hydrogen-bond acceptors (Lipinski definition) is 3. The molecule has 0 fully saturated rings. The molecule has 0 saturated heterocycles. The van der Waals surface area contributed by atoms with Crippen LogP contribution in [-0.2, 0) is 0 Å². The molecular weight excluding hydrogens is 338 g/mol. The van der Waals surface area contributed by atoms with Crippen LogP contribution in [0.5, 0.6) is 0 Å². The smallest absolute Gasteiger partial charge is 0.128 e. The molecule has 5 heteroatoms. The first-order valence-electron chi connectivity index (χ1n) is 4.67. The third kappa shape index (κ3) is 2.42. The van der Waals surface area contributed by atoms with Crippen LogP contribution in [0.1, 0.15) is 17.2 Å². The number of nitrogens with one attached hydrogen (secondary N) is 1. The molecule has 2 nitrogen and oxygen atoms in total. The molecule has 16 heavy (non-hydrogen) atoms. The van der Waals surface area contributed by atoms with E-state index in [0.717, 1.165) is 8.45 Å². The van der Waals surface area contributed by atoms with E-state index >= 15 is 0 Å². The molecule has 3 N–H and O–H groups in total. The number of halogens is 2. The zero-order valence-corrected chi connectivity index (χ0v) is 11.3. The molecule has 1 aromatic heterocycles. The fourth-order valence-corrected chi connectivity index (χ4v) is 2.95. The molecule has 1 heterocycles. The monoisotopic (exact) mass is 348 g/mol. The van der Waals surface area contributed by atoms with Crippen molar-refractivity contribution in [1.29, 1.82) is 0 Å². The Morgan fingerprint density at radius 1 is 1.38 bits per heavy atom. The quantitative estimate of drug-likeness (QED) is 0.508. The van der Waals surface area contributed by atoms with Gasteiger partial charge in [0.1, 0.15) is 5.82 Å². The van der Waals surface area contributed by atoms with Crippen molar-refractivity contribution in [3.8, 4) is 0 Å². The fourth-order valence-electron chi connectivity index (χ4n) is 1.55. The molecule has 0 amide bonds. The summed E-state index contributed by atoms with van der Waals surface area (Å²) in [7, 11) is 0. The normalized spacial score (nSPS) is 12.7. The summed E-state index contributed by atoms with van der Waals surface area (Å²) in [6.45, 7) is 0. The van der Waals surface area contributed by atoms with Crippen LogP contribution >= 0.6 is 33.9 Å². The zero-order valence-electron chi connectivity index (χ0n) is 8.28. The van der Waals surface area contributed by atoms with Crippen LogP contribution in [0.15, 0.2) is 35.7 Å². The number of nitrogens with two attached hydrogens (primary N) is 1. The zero-order chi connectivity index (χ0) is 11.5. The van der Waals surface area contributed by atoms with Crippen LogP contribution in [0.4, 0.5) is 4.39 Å². The molecule has 0 bridgehead atoms. The number of rotatable bonds is 3. The van der Waals surface area contributed by atoms with Gasteiger partial charge in [0, 0.05) is 5.56 Å². The Kier molecular flexibility index (Phi) is 3.91. The van der Waals surface area contributed by atoms with Gasteiger partial charge in [0.2, 0.25) is 0 Å². The minimum Gasteiger partial charge on any atom is -0.271 e. The van der Waals surface area contributed by atoms with E-state index in [9.17, 15) is 4.39 Å². The standard InChI is InChI=1S/C11H10FIN2S/c12-9-4-2-1-3-8(9)11(15-14)7-5-10(13)16-6-7/h1-6,11,15H,14H2. The average Bonchev–Trinajstić information content (AvgIpc) is 2.69. The van der Waals surface area contributed by atoms with E-state index < -0.39 is 0 Å². The highest BCUT2D eigenvalue weighted by Gasteiger charge is 2.16. The summed E-state index contributed by atoms with van der Waals surface area (Å²) in [6.07, 6.45) is 0. The first kappa shape index (κ1) is 12.0. The van der Waals surface area contributed by atoms with Gasteiger partial charge < -0.3 is 0 Å². The lowest BCUT2D eigenvalue weighted by molar-refractivity contribution is 0.561. The lowest BCUT2D eigenvalue weighted by Gasteiger charge is -2.15. The van der Waals surface area contributed by atoms with Crippen molar-refractivity contribution in [2.24, 2.45) is 5.84 Å². The van der Waals surface area contributed by atoms with Gasteiger partial charge >= 0.3 is 0 Å². The third-order valence-corrected chi connectivity index (χ3v) is 4.11. The Labute approximate surface area is 111 Å². The lowest BCUT2D eigenvalue weighted by Crippen LogP contribution is -2.29. The molecule has 1 unspecified atom stereocenters. The van der Waals surface area contributed by atoms with Crippen LogP contribution in [0.3, 0.4) is 0 Å². The predicted octanol–water partition coefficient (Wildman–Crippen LogP) is 3.04. The summed E-state index contributed by atoms with van der Waals surface area (Å²) < 4.78 is 14.8. The van der Waals surface area contributed by atoms with Gasteiger partial charge in [-0.15, -0.1) is 11.3 Å². The highest BCUT2D eigenvalue weighted by atomic mass is 127. The Bertz CT molecular complexity index is 486. The number of hydrazine groups is 1. The van der Waals surface area contributed by atoms with E-state index in [1.807, 2.05) is 11.4 Å². The highest BCUT2D eigenvalue weighted by molar-refractivity contribution is 14.1. The molecule has 2 aromatic rings. The Hall–Kier alpha value is -0.500. The maximum absolute atomic E-state index is 13.6. The predicted molar refractivity (Wildman–Crippen MR) is 72.6 cm³/mol. The fraction of sp³-hybridized carbons (Fsp3) is 0.0909. The van der Waals surface area contributed by atoms with Crippen molar-refractivity contribution >= 4 is 33.9 Å². The lowest BCUT2D eigenvalue weighted by atomic mass is 10.0. The van der Waals surface area contributed by atoms with Crippen molar-refractivity contribution < 1.29 is 4.39 Å². The van der Waals surface area contributed by atoms with Crippen molar-refractivity contribution in [3.63, 3.8) is 0 Å². The van der Waals surface area contributed by atoms with Gasteiger partial charge in [-0.05, 0) is 45.7 Å². The van der Waals surface area contributed by atoms with Crippen molar-refractivity contribution in [2.45, 2.75) is 6.04 Å². The summed E-state index contributed by atoms with van der Waals surface area (Å²) >= 11 is 3.85. The average molecular weight is 348 g/mol. The van der Waals surface area contributed by atoms with E-state index in [2.05, 4.69) is 28.0 Å². The maximum atomic E-state index is 13.6. The van der Waals surface area contributed by atoms with Crippen LogP contribution in [0.2, 0.25) is 0 Å². The van der Waals surface area contributed by atoms with Crippen LogP contribution in [-0.4, -0.2) is 0 Å². The Balaban J connectivity index is 2.40. The van der Waals surface area contributed by atoms with Gasteiger partial charge in [-0.25, -0.2) is 9.82 Å². The van der Waals surface area contributed by atoms with Gasteiger partial charge in [0.25, 0.3) is 0 Å². The van der Waals surface area contributed by atoms with Gasteiger partial charge in [-0.1, -0.05) is 18.2 Å². The van der Waals surface area contributed by atoms with E-state index in [4.69, 9.17) is 5.84 Å². The number of benzene rings is 1. The maximum Gasteiger partial charge on any atom is 0.128 e. The second-order valence-corrected chi connectivity index (χ2v) is 6.11. The van der Waals surface area contributed by atoms with Crippen LogP contribution < -0.4 is 11.3 Å². The summed E-state index contributed by atoms with van der Waals surface area (Å²) in [5.74, 6) is 5.26. The molecule has 84 valence electrons. The molecule has 0 aliphatic heterocycles. The molecule has 1 aromatic carbocycles. The third-order valence-electron chi connectivity index (χ3n) is 2.30. The topological polar surface area (TPSA) is 38.0 Å². The van der Waals surface area contributed by atoms with E-state index in [0.29, 0.717) is 5.56 Å². The summed E-state index contributed by atoms with van der Waals surface area (Å²) in [4.78, 5) is 0. The minimum absolute atomic E-state index is 0.244. The summed E-state index contributed by atoms with van der Waals surface area (Å²) in [6, 6.07) is 8.37. The number of thiophene rings is 1. The van der Waals surface area contributed by atoms with Crippen LogP contribution in [0.25, 0.3) is 0 Å². The SMILES string of the molecule is NNC(c1csc(I)c1)c1ccccc1F. The molecule has 0 saturated carbocycles. The van der Waals surface area contributed by atoms with Crippen molar-refractivity contribution in [3.05, 3.63) is 55.5 Å². The second kappa shape index (κ2) is 5.22. The minimum atomic E-state index is -0.291. The molecule has 2 rings (SSSR count). The van der Waals surface area contributed by atoms with E-state index in [1.54, 1.807) is 29.5 Å². The van der Waals surface area contributed by atoms with Crippen molar-refractivity contribution in [2.75, 3.05) is 0 Å². The first-order chi connectivity index (χ1) is 7.72. The number of hydrogen-bond donors (Lipinski definition) is 2. The van der Waals surface area contributed by atoms with Crippen LogP contribution in [0, 0.1) is 8.70 Å². The van der Waals surface area contributed by atoms with E-state index in [-0.39, 0.29) is 11.9 Å². The first-order valence-corrected chi connectivity index (χ1v) is 6.62. The molecule has 0 radical (unpaired) electrons. The Morgan fingerprint density at radius 2 is 2.12 bits per heavy atom. The molecular formula is C11H10FIN2S.